The highest BCUT2D eigenvalue weighted by Gasteiger charge is 2.10. The molecule has 0 aliphatic heterocycles. The Hall–Kier alpha value is -2.56. The summed E-state index contributed by atoms with van der Waals surface area (Å²) in [6, 6.07) is 7.04. The fraction of sp³-hybridized carbons (Fsp3) is 0.0769. The van der Waals surface area contributed by atoms with E-state index in [2.05, 4.69) is 10.3 Å². The minimum absolute atomic E-state index is 0.166. The summed E-state index contributed by atoms with van der Waals surface area (Å²) in [7, 11) is 1.86. The second-order valence-corrected chi connectivity index (χ2v) is 4.01. The number of aryl methyl sites for hydroxylation is 1. The molecule has 2 heterocycles. The van der Waals surface area contributed by atoms with Crippen LogP contribution in [0.1, 0.15) is 0 Å². The highest BCUT2D eigenvalue weighted by atomic mass is 16.5. The number of hydrogen-bond acceptors (Lipinski definition) is 4. The summed E-state index contributed by atoms with van der Waals surface area (Å²) in [5.41, 5.74) is 2.57. The zero-order valence-corrected chi connectivity index (χ0v) is 9.74. The van der Waals surface area contributed by atoms with Crippen molar-refractivity contribution in [2.75, 3.05) is 0 Å². The number of benzene rings is 1. The van der Waals surface area contributed by atoms with Gasteiger partial charge in [-0.15, -0.1) is 0 Å². The van der Waals surface area contributed by atoms with Gasteiger partial charge in [0.25, 0.3) is 0 Å². The van der Waals surface area contributed by atoms with Crippen LogP contribution in [-0.2, 0) is 7.05 Å². The zero-order chi connectivity index (χ0) is 12.5. The first kappa shape index (κ1) is 10.6. The normalized spacial score (nSPS) is 10.7. The maximum atomic E-state index is 9.85. The summed E-state index contributed by atoms with van der Waals surface area (Å²) >= 11 is 0. The Morgan fingerprint density at radius 1 is 1.22 bits per heavy atom. The van der Waals surface area contributed by atoms with E-state index in [1.54, 1.807) is 29.2 Å². The summed E-state index contributed by atoms with van der Waals surface area (Å²) in [5, 5.41) is 17.6. The van der Waals surface area contributed by atoms with Gasteiger partial charge in [0.1, 0.15) is 5.75 Å². The number of aromatic hydroxyl groups is 1. The Balaban J connectivity index is 2.11. The third kappa shape index (κ3) is 1.75. The quantitative estimate of drug-likeness (QED) is 0.748. The molecule has 2 aromatic heterocycles. The van der Waals surface area contributed by atoms with Crippen molar-refractivity contribution in [3.8, 4) is 28.2 Å². The molecule has 0 fully saturated rings. The number of rotatable bonds is 2. The lowest BCUT2D eigenvalue weighted by Gasteiger charge is -2.03. The van der Waals surface area contributed by atoms with Crippen LogP contribution in [0.25, 0.3) is 22.5 Å². The molecule has 0 atom stereocenters. The number of nitrogens with zero attached hydrogens (tertiary/aromatic N) is 3. The lowest BCUT2D eigenvalue weighted by Crippen LogP contribution is -1.84. The Kier molecular flexibility index (Phi) is 2.37. The van der Waals surface area contributed by atoms with Gasteiger partial charge in [-0.25, -0.2) is 0 Å². The molecule has 0 bridgehead atoms. The number of hydrogen-bond donors (Lipinski definition) is 1. The van der Waals surface area contributed by atoms with Crippen LogP contribution in [0.4, 0.5) is 0 Å². The van der Waals surface area contributed by atoms with Crippen LogP contribution in [-0.4, -0.2) is 20.0 Å². The summed E-state index contributed by atoms with van der Waals surface area (Å²) in [5.74, 6) is 0.706. The van der Waals surface area contributed by atoms with Crippen LogP contribution in [0.15, 0.2) is 47.4 Å². The summed E-state index contributed by atoms with van der Waals surface area (Å²) in [6.07, 6.45) is 5.23. The van der Waals surface area contributed by atoms with Gasteiger partial charge in [-0.2, -0.15) is 5.10 Å². The molecule has 1 N–H and O–H groups in total. The van der Waals surface area contributed by atoms with Crippen LogP contribution in [0.5, 0.6) is 5.75 Å². The third-order valence-electron chi connectivity index (χ3n) is 2.74. The average Bonchev–Trinajstić information content (AvgIpc) is 3.01. The van der Waals surface area contributed by atoms with Crippen molar-refractivity contribution in [3.05, 3.63) is 42.9 Å². The van der Waals surface area contributed by atoms with E-state index >= 15 is 0 Å². The highest BCUT2D eigenvalue weighted by Crippen LogP contribution is 2.33. The molecule has 0 radical (unpaired) electrons. The molecule has 0 aliphatic carbocycles. The first-order valence-corrected chi connectivity index (χ1v) is 5.47. The zero-order valence-electron chi connectivity index (χ0n) is 9.74. The molecule has 0 amide bonds. The van der Waals surface area contributed by atoms with Gasteiger partial charge in [-0.1, -0.05) is 11.2 Å². The Labute approximate surface area is 103 Å². The van der Waals surface area contributed by atoms with E-state index in [9.17, 15) is 5.11 Å². The van der Waals surface area contributed by atoms with E-state index < -0.39 is 0 Å². The Morgan fingerprint density at radius 3 is 2.78 bits per heavy atom. The first-order valence-electron chi connectivity index (χ1n) is 5.47. The monoisotopic (exact) mass is 241 g/mol. The van der Waals surface area contributed by atoms with E-state index in [4.69, 9.17) is 4.52 Å². The molecule has 5 heteroatoms. The molecule has 0 spiro atoms. The van der Waals surface area contributed by atoms with Gasteiger partial charge in [-0.3, -0.25) is 4.68 Å². The number of phenols is 1. The first-order chi connectivity index (χ1) is 8.74. The minimum atomic E-state index is 0.166. The number of aromatic nitrogens is 3. The predicted molar refractivity (Wildman–Crippen MR) is 65.8 cm³/mol. The maximum Gasteiger partial charge on any atom is 0.170 e. The highest BCUT2D eigenvalue weighted by molar-refractivity contribution is 5.74. The van der Waals surface area contributed by atoms with E-state index in [1.165, 1.54) is 0 Å². The molecular formula is C13H11N3O2. The SMILES string of the molecule is Cn1cc(-c2ccc(O)c(-c3ccno3)c2)cn1. The topological polar surface area (TPSA) is 64.1 Å². The minimum Gasteiger partial charge on any atom is -0.507 e. The average molecular weight is 241 g/mol. The molecular weight excluding hydrogens is 230 g/mol. The lowest BCUT2D eigenvalue weighted by atomic mass is 10.0. The van der Waals surface area contributed by atoms with Crippen molar-refractivity contribution >= 4 is 0 Å². The van der Waals surface area contributed by atoms with Gasteiger partial charge in [0.15, 0.2) is 5.76 Å². The van der Waals surface area contributed by atoms with Gasteiger partial charge >= 0.3 is 0 Å². The molecule has 18 heavy (non-hydrogen) atoms. The molecule has 0 unspecified atom stereocenters. The smallest absolute Gasteiger partial charge is 0.170 e. The third-order valence-corrected chi connectivity index (χ3v) is 2.74. The van der Waals surface area contributed by atoms with Crippen LogP contribution in [0.3, 0.4) is 0 Å². The second-order valence-electron chi connectivity index (χ2n) is 4.01. The van der Waals surface area contributed by atoms with Crippen molar-refractivity contribution in [1.82, 2.24) is 14.9 Å². The summed E-state index contributed by atoms with van der Waals surface area (Å²) < 4.78 is 6.80. The molecule has 0 saturated heterocycles. The molecule has 3 aromatic rings. The molecule has 3 rings (SSSR count). The van der Waals surface area contributed by atoms with Crippen molar-refractivity contribution < 1.29 is 9.63 Å². The standard InChI is InChI=1S/C13H11N3O2/c1-16-8-10(7-14-16)9-2-3-12(17)11(6-9)13-4-5-15-18-13/h2-8,17H,1H3. The fourth-order valence-corrected chi connectivity index (χ4v) is 1.84. The maximum absolute atomic E-state index is 9.85. The Bertz CT molecular complexity index is 671. The summed E-state index contributed by atoms with van der Waals surface area (Å²) in [6.45, 7) is 0. The van der Waals surface area contributed by atoms with Gasteiger partial charge in [0, 0.05) is 24.9 Å². The van der Waals surface area contributed by atoms with Crippen LogP contribution in [0.2, 0.25) is 0 Å². The van der Waals surface area contributed by atoms with E-state index in [0.29, 0.717) is 11.3 Å². The van der Waals surface area contributed by atoms with Crippen LogP contribution >= 0.6 is 0 Å². The van der Waals surface area contributed by atoms with Crippen LogP contribution < -0.4 is 0 Å². The van der Waals surface area contributed by atoms with E-state index in [0.717, 1.165) is 11.1 Å². The van der Waals surface area contributed by atoms with E-state index in [1.807, 2.05) is 25.4 Å². The van der Waals surface area contributed by atoms with Crippen molar-refractivity contribution in [2.24, 2.45) is 7.05 Å². The van der Waals surface area contributed by atoms with E-state index in [-0.39, 0.29) is 5.75 Å². The fourth-order valence-electron chi connectivity index (χ4n) is 1.84. The largest absolute Gasteiger partial charge is 0.507 e. The molecule has 1 aromatic carbocycles. The van der Waals surface area contributed by atoms with Crippen molar-refractivity contribution in [2.45, 2.75) is 0 Å². The lowest BCUT2D eigenvalue weighted by molar-refractivity contribution is 0.426. The number of phenolic OH excluding ortho intramolecular Hbond substituents is 1. The van der Waals surface area contributed by atoms with Gasteiger partial charge in [-0.05, 0) is 17.7 Å². The van der Waals surface area contributed by atoms with Crippen LogP contribution in [0, 0.1) is 0 Å². The second kappa shape index (κ2) is 4.03. The summed E-state index contributed by atoms with van der Waals surface area (Å²) in [4.78, 5) is 0. The molecule has 90 valence electrons. The van der Waals surface area contributed by atoms with Gasteiger partial charge in [0.05, 0.1) is 18.0 Å². The molecule has 0 aliphatic rings. The molecule has 5 nitrogen and oxygen atoms in total. The van der Waals surface area contributed by atoms with Gasteiger partial charge in [0.2, 0.25) is 0 Å². The molecule has 0 saturated carbocycles. The Morgan fingerprint density at radius 2 is 2.11 bits per heavy atom. The van der Waals surface area contributed by atoms with Crippen molar-refractivity contribution in [3.63, 3.8) is 0 Å². The van der Waals surface area contributed by atoms with Gasteiger partial charge < -0.3 is 9.63 Å². The predicted octanol–water partition coefficient (Wildman–Crippen LogP) is 2.45. The van der Waals surface area contributed by atoms with Crippen molar-refractivity contribution in [1.29, 1.82) is 0 Å².